The van der Waals surface area contributed by atoms with E-state index in [0.29, 0.717) is 25.7 Å². The Kier molecular flexibility index (Phi) is 7.99. The van der Waals surface area contributed by atoms with Gasteiger partial charge in [-0.3, -0.25) is 4.74 Å². The third kappa shape index (κ3) is 6.28. The summed E-state index contributed by atoms with van der Waals surface area (Å²) in [6.07, 6.45) is 3.26. The summed E-state index contributed by atoms with van der Waals surface area (Å²) in [5.41, 5.74) is 0.00806. The fourth-order valence-electron chi connectivity index (χ4n) is 5.56. The van der Waals surface area contributed by atoms with Gasteiger partial charge in [-0.05, 0) is 76.0 Å². The second kappa shape index (κ2) is 10.1. The third-order valence-electron chi connectivity index (χ3n) is 7.48. The molecule has 0 spiro atoms. The molecule has 0 bridgehead atoms. The topological polar surface area (TPSA) is 29.5 Å². The standard InChI is InChI=1S/C26H32F6O2/c1-23-15-6-8-19(12-11-18-7-5-10-21(33)17-18)22(23)14-13-20(23)9-3-4-16-24(2,25(27,28)29)34-26(30,31)32/h11-13,21-22,33H,3,5-10,14-15,17H2,1-2H3/b18-11-,19-12+/t21-,22?,23+,24?/m0/s1. The molecule has 34 heavy (non-hydrogen) atoms. The Morgan fingerprint density at radius 3 is 2.53 bits per heavy atom. The average Bonchev–Trinajstić information content (AvgIpc) is 3.04. The number of halogens is 6. The van der Waals surface area contributed by atoms with Gasteiger partial charge in [-0.15, -0.1) is 13.2 Å². The zero-order chi connectivity index (χ0) is 25.2. The number of rotatable bonds is 4. The van der Waals surface area contributed by atoms with Crippen LogP contribution in [0.3, 0.4) is 0 Å². The minimum atomic E-state index is -5.44. The molecule has 0 radical (unpaired) electrons. The van der Waals surface area contributed by atoms with Gasteiger partial charge in [0.05, 0.1) is 6.10 Å². The lowest BCUT2D eigenvalue weighted by molar-refractivity contribution is -0.396. The highest BCUT2D eigenvalue weighted by atomic mass is 19.4. The largest absolute Gasteiger partial charge is 0.524 e. The summed E-state index contributed by atoms with van der Waals surface area (Å²) in [6.45, 7) is 2.47. The van der Waals surface area contributed by atoms with E-state index in [1.54, 1.807) is 5.92 Å². The van der Waals surface area contributed by atoms with E-state index in [1.807, 2.05) is 0 Å². The van der Waals surface area contributed by atoms with Gasteiger partial charge >= 0.3 is 12.5 Å². The maximum atomic E-state index is 13.2. The third-order valence-corrected chi connectivity index (χ3v) is 7.48. The lowest BCUT2D eigenvalue weighted by Gasteiger charge is -2.41. The Morgan fingerprint density at radius 1 is 1.15 bits per heavy atom. The molecule has 1 N–H and O–H groups in total. The first-order valence-corrected chi connectivity index (χ1v) is 11.8. The quantitative estimate of drug-likeness (QED) is 0.250. The molecule has 0 heterocycles. The van der Waals surface area contributed by atoms with Gasteiger partial charge in [-0.1, -0.05) is 53.7 Å². The van der Waals surface area contributed by atoms with Crippen molar-refractivity contribution in [1.29, 1.82) is 0 Å². The average molecular weight is 491 g/mol. The summed E-state index contributed by atoms with van der Waals surface area (Å²) in [7, 11) is 0. The number of allylic oxidation sites excluding steroid dienone is 5. The van der Waals surface area contributed by atoms with Crippen LogP contribution in [0.5, 0.6) is 0 Å². The first-order valence-electron chi connectivity index (χ1n) is 11.8. The fraction of sp³-hybridized carbons (Fsp3) is 0.692. The van der Waals surface area contributed by atoms with Crippen LogP contribution in [0.4, 0.5) is 26.3 Å². The van der Waals surface area contributed by atoms with Crippen LogP contribution in [0, 0.1) is 23.2 Å². The number of fused-ring (bicyclic) bond motifs is 1. The van der Waals surface area contributed by atoms with Crippen LogP contribution < -0.4 is 0 Å². The molecule has 0 aromatic heterocycles. The molecule has 0 saturated heterocycles. The summed E-state index contributed by atoms with van der Waals surface area (Å²) in [6, 6.07) is 0. The number of alkyl halides is 6. The molecule has 2 unspecified atom stereocenters. The van der Waals surface area contributed by atoms with Gasteiger partial charge in [0.1, 0.15) is 0 Å². The second-order valence-electron chi connectivity index (χ2n) is 9.99. The highest BCUT2D eigenvalue weighted by Crippen LogP contribution is 2.55. The molecule has 0 aromatic carbocycles. The number of aliphatic hydroxyl groups is 1. The first-order chi connectivity index (χ1) is 15.7. The van der Waals surface area contributed by atoms with Gasteiger partial charge < -0.3 is 5.11 Å². The zero-order valence-electron chi connectivity index (χ0n) is 19.6. The lowest BCUT2D eigenvalue weighted by Crippen LogP contribution is -2.47. The summed E-state index contributed by atoms with van der Waals surface area (Å²) >= 11 is 0. The molecule has 0 amide bonds. The van der Waals surface area contributed by atoms with E-state index in [4.69, 9.17) is 0 Å². The van der Waals surface area contributed by atoms with E-state index in [-0.39, 0.29) is 17.9 Å². The van der Waals surface area contributed by atoms with Crippen molar-refractivity contribution >= 4 is 0 Å². The van der Waals surface area contributed by atoms with Gasteiger partial charge in [0.2, 0.25) is 5.60 Å². The summed E-state index contributed by atoms with van der Waals surface area (Å²) in [4.78, 5) is 0. The second-order valence-corrected chi connectivity index (χ2v) is 9.99. The van der Waals surface area contributed by atoms with E-state index in [9.17, 15) is 31.4 Å². The number of ether oxygens (including phenoxy) is 1. The lowest BCUT2D eigenvalue weighted by atomic mass is 9.63. The molecule has 0 aromatic rings. The van der Waals surface area contributed by atoms with Gasteiger partial charge in [0.25, 0.3) is 0 Å². The molecule has 3 rings (SSSR count). The highest BCUT2D eigenvalue weighted by molar-refractivity contribution is 5.34. The Morgan fingerprint density at radius 2 is 1.88 bits per heavy atom. The minimum absolute atomic E-state index is 0.0298. The Hall–Kier alpha value is -1.72. The summed E-state index contributed by atoms with van der Waals surface area (Å²) < 4.78 is 80.2. The number of aliphatic hydroxyl groups excluding tert-OH is 1. The van der Waals surface area contributed by atoms with Gasteiger partial charge in [0, 0.05) is 6.42 Å². The predicted octanol–water partition coefficient (Wildman–Crippen LogP) is 7.55. The number of hydrogen-bond donors (Lipinski definition) is 1. The van der Waals surface area contributed by atoms with Crippen molar-refractivity contribution in [2.75, 3.05) is 0 Å². The Labute approximate surface area is 197 Å². The summed E-state index contributed by atoms with van der Waals surface area (Å²) in [5.74, 6) is 4.29. The molecular formula is C26H32F6O2. The Balaban J connectivity index is 1.67. The van der Waals surface area contributed by atoms with E-state index in [1.165, 1.54) is 11.1 Å². The minimum Gasteiger partial charge on any atom is -0.393 e. The molecular weight excluding hydrogens is 458 g/mol. The van der Waals surface area contributed by atoms with E-state index in [0.717, 1.165) is 50.5 Å². The zero-order valence-corrected chi connectivity index (χ0v) is 19.6. The fourth-order valence-corrected chi connectivity index (χ4v) is 5.56. The van der Waals surface area contributed by atoms with Crippen molar-refractivity contribution in [1.82, 2.24) is 0 Å². The van der Waals surface area contributed by atoms with Crippen LogP contribution in [-0.4, -0.2) is 29.4 Å². The smallest absolute Gasteiger partial charge is 0.393 e. The maximum Gasteiger partial charge on any atom is 0.524 e. The predicted molar refractivity (Wildman–Crippen MR) is 117 cm³/mol. The van der Waals surface area contributed by atoms with E-state index < -0.39 is 18.1 Å². The monoisotopic (exact) mass is 490 g/mol. The molecule has 4 atom stereocenters. The number of hydrogen-bond acceptors (Lipinski definition) is 2. The van der Waals surface area contributed by atoms with Gasteiger partial charge in [-0.25, -0.2) is 0 Å². The normalized spacial score (nSPS) is 32.1. The molecule has 190 valence electrons. The highest BCUT2D eigenvalue weighted by Gasteiger charge is 2.57. The van der Waals surface area contributed by atoms with E-state index in [2.05, 4.69) is 35.8 Å². The van der Waals surface area contributed by atoms with Gasteiger partial charge in [0.15, 0.2) is 0 Å². The SMILES string of the molecule is CC(C#CCCC1=CCC2/C(=C/C=C3/CCC[C@H](O)C3)CCC[C@]12C)(OC(F)(F)F)C(F)(F)F. The Bertz CT molecular complexity index is 901. The van der Waals surface area contributed by atoms with Crippen LogP contribution >= 0.6 is 0 Å². The molecule has 2 nitrogen and oxygen atoms in total. The molecule has 3 aliphatic rings. The van der Waals surface area contributed by atoms with Crippen molar-refractivity contribution in [2.45, 2.75) is 102 Å². The van der Waals surface area contributed by atoms with Crippen LogP contribution in [0.15, 0.2) is 34.9 Å². The molecule has 8 heteroatoms. The maximum absolute atomic E-state index is 13.2. The van der Waals surface area contributed by atoms with Crippen molar-refractivity contribution in [3.05, 3.63) is 34.9 Å². The first kappa shape index (κ1) is 26.9. The molecule has 3 aliphatic carbocycles. The van der Waals surface area contributed by atoms with Crippen LogP contribution in [-0.2, 0) is 4.74 Å². The summed E-state index contributed by atoms with van der Waals surface area (Å²) in [5, 5.41) is 9.89. The van der Waals surface area contributed by atoms with Crippen molar-refractivity contribution in [3.8, 4) is 11.8 Å². The van der Waals surface area contributed by atoms with Crippen molar-refractivity contribution in [2.24, 2.45) is 11.3 Å². The van der Waals surface area contributed by atoms with Gasteiger partial charge in [-0.2, -0.15) is 13.2 Å². The van der Waals surface area contributed by atoms with E-state index >= 15 is 0 Å². The molecule has 2 fully saturated rings. The van der Waals surface area contributed by atoms with Crippen molar-refractivity contribution < 1.29 is 36.2 Å². The van der Waals surface area contributed by atoms with Crippen LogP contribution in [0.2, 0.25) is 0 Å². The molecule has 2 saturated carbocycles. The van der Waals surface area contributed by atoms with Crippen LogP contribution in [0.1, 0.15) is 78.1 Å². The van der Waals surface area contributed by atoms with Crippen molar-refractivity contribution in [3.63, 3.8) is 0 Å². The van der Waals surface area contributed by atoms with Crippen LogP contribution in [0.25, 0.3) is 0 Å². The molecule has 0 aliphatic heterocycles.